The van der Waals surface area contributed by atoms with Gasteiger partial charge in [-0.05, 0) is 53.5 Å². The molecule has 5 nitrogen and oxygen atoms in total. The van der Waals surface area contributed by atoms with E-state index in [9.17, 15) is 10.1 Å². The van der Waals surface area contributed by atoms with Crippen molar-refractivity contribution < 1.29 is 14.3 Å². The summed E-state index contributed by atoms with van der Waals surface area (Å²) in [5, 5.41) is 12.6. The number of halogens is 1. The van der Waals surface area contributed by atoms with Gasteiger partial charge in [0.05, 0.1) is 12.1 Å². The average Bonchev–Trinajstić information content (AvgIpc) is 2.82. The van der Waals surface area contributed by atoms with Crippen LogP contribution in [0.1, 0.15) is 23.6 Å². The number of amides is 1. The highest BCUT2D eigenvalue weighted by Crippen LogP contribution is 2.37. The van der Waals surface area contributed by atoms with Crippen molar-refractivity contribution in [1.29, 1.82) is 5.26 Å². The van der Waals surface area contributed by atoms with E-state index in [4.69, 9.17) is 21.1 Å². The van der Waals surface area contributed by atoms with Gasteiger partial charge in [-0.3, -0.25) is 4.79 Å². The Kier molecular flexibility index (Phi) is 7.91. The molecule has 0 spiro atoms. The van der Waals surface area contributed by atoms with Crippen LogP contribution in [0.5, 0.6) is 11.5 Å². The maximum Gasteiger partial charge on any atom is 0.266 e. The third-order valence-corrected chi connectivity index (χ3v) is 5.05. The van der Waals surface area contributed by atoms with Crippen LogP contribution in [-0.4, -0.2) is 13.0 Å². The number of nitrogens with one attached hydrogen (secondary N) is 1. The maximum atomic E-state index is 12.6. The molecule has 6 heteroatoms. The number of hydrogen-bond donors (Lipinski definition) is 1. The lowest BCUT2D eigenvalue weighted by Crippen LogP contribution is -2.13. The Balaban J connectivity index is 1.79. The second kappa shape index (κ2) is 11.0. The van der Waals surface area contributed by atoms with Crippen molar-refractivity contribution in [1.82, 2.24) is 0 Å². The third-order valence-electron chi connectivity index (χ3n) is 4.77. The van der Waals surface area contributed by atoms with Crippen LogP contribution in [0, 0.1) is 11.3 Å². The smallest absolute Gasteiger partial charge is 0.266 e. The zero-order valence-electron chi connectivity index (χ0n) is 17.9. The van der Waals surface area contributed by atoms with E-state index in [0.717, 1.165) is 17.5 Å². The molecule has 0 atom stereocenters. The molecule has 0 aliphatic rings. The van der Waals surface area contributed by atoms with Crippen LogP contribution in [-0.2, 0) is 17.8 Å². The molecule has 0 radical (unpaired) electrons. The Morgan fingerprint density at radius 2 is 1.81 bits per heavy atom. The van der Waals surface area contributed by atoms with Crippen LogP contribution in [0.2, 0.25) is 5.02 Å². The molecule has 0 fully saturated rings. The number of carbonyl (C=O) groups is 1. The van der Waals surface area contributed by atoms with Gasteiger partial charge in [-0.2, -0.15) is 5.26 Å². The summed E-state index contributed by atoms with van der Waals surface area (Å²) in [7, 11) is 1.51. The van der Waals surface area contributed by atoms with Gasteiger partial charge in [0.1, 0.15) is 18.2 Å². The maximum absolute atomic E-state index is 12.6. The van der Waals surface area contributed by atoms with Crippen LogP contribution in [0.25, 0.3) is 6.08 Å². The van der Waals surface area contributed by atoms with E-state index in [2.05, 4.69) is 12.2 Å². The first-order chi connectivity index (χ1) is 15.5. The fourth-order valence-electron chi connectivity index (χ4n) is 3.03. The van der Waals surface area contributed by atoms with Gasteiger partial charge in [-0.25, -0.2) is 0 Å². The van der Waals surface area contributed by atoms with E-state index < -0.39 is 5.91 Å². The van der Waals surface area contributed by atoms with Gasteiger partial charge in [0.2, 0.25) is 0 Å². The van der Waals surface area contributed by atoms with Crippen molar-refractivity contribution in [3.8, 4) is 17.6 Å². The van der Waals surface area contributed by atoms with Gasteiger partial charge < -0.3 is 14.8 Å². The van der Waals surface area contributed by atoms with E-state index in [-0.39, 0.29) is 5.57 Å². The normalized spacial score (nSPS) is 10.9. The van der Waals surface area contributed by atoms with Gasteiger partial charge in [-0.1, -0.05) is 61.0 Å². The topological polar surface area (TPSA) is 71.4 Å². The molecule has 3 aromatic carbocycles. The standard InChI is InChI=1S/C26H23ClN2O3/c1-3-18-9-11-22(12-10-18)29-26(30)21(16-28)13-20-14-23(27)25(24(15-20)31-2)32-17-19-7-5-4-6-8-19/h4-15H,3,17H2,1-2H3,(H,29,30)/b21-13+. The minimum Gasteiger partial charge on any atom is -0.493 e. The highest BCUT2D eigenvalue weighted by Gasteiger charge is 2.14. The van der Waals surface area contributed by atoms with Crippen molar-refractivity contribution in [2.45, 2.75) is 20.0 Å². The molecule has 162 valence electrons. The molecule has 3 aromatic rings. The molecule has 32 heavy (non-hydrogen) atoms. The SMILES string of the molecule is CCc1ccc(NC(=O)/C(C#N)=C/c2cc(Cl)c(OCc3ccccc3)c(OC)c2)cc1. The van der Waals surface area contributed by atoms with Gasteiger partial charge in [-0.15, -0.1) is 0 Å². The highest BCUT2D eigenvalue weighted by atomic mass is 35.5. The van der Waals surface area contributed by atoms with Gasteiger partial charge in [0.15, 0.2) is 11.5 Å². The molecule has 0 aliphatic carbocycles. The van der Waals surface area contributed by atoms with E-state index in [1.54, 1.807) is 12.1 Å². The molecular formula is C26H23ClN2O3. The Bertz CT molecular complexity index is 1150. The highest BCUT2D eigenvalue weighted by molar-refractivity contribution is 6.32. The summed E-state index contributed by atoms with van der Waals surface area (Å²) >= 11 is 6.43. The summed E-state index contributed by atoms with van der Waals surface area (Å²) in [4.78, 5) is 12.6. The van der Waals surface area contributed by atoms with Crippen LogP contribution >= 0.6 is 11.6 Å². The largest absolute Gasteiger partial charge is 0.493 e. The van der Waals surface area contributed by atoms with Crippen molar-refractivity contribution in [2.75, 3.05) is 12.4 Å². The van der Waals surface area contributed by atoms with Crippen molar-refractivity contribution in [2.24, 2.45) is 0 Å². The summed E-state index contributed by atoms with van der Waals surface area (Å²) in [5.41, 5.74) is 3.27. The van der Waals surface area contributed by atoms with Crippen molar-refractivity contribution in [3.63, 3.8) is 0 Å². The van der Waals surface area contributed by atoms with E-state index in [1.165, 1.54) is 13.2 Å². The summed E-state index contributed by atoms with van der Waals surface area (Å²) in [5.74, 6) is 0.304. The summed E-state index contributed by atoms with van der Waals surface area (Å²) in [6, 6.07) is 22.4. The summed E-state index contributed by atoms with van der Waals surface area (Å²) < 4.78 is 11.3. The minimum absolute atomic E-state index is 0.0550. The summed E-state index contributed by atoms with van der Waals surface area (Å²) in [6.45, 7) is 2.39. The van der Waals surface area contributed by atoms with Gasteiger partial charge in [0.25, 0.3) is 5.91 Å². The number of benzene rings is 3. The number of hydrogen-bond acceptors (Lipinski definition) is 4. The lowest BCUT2D eigenvalue weighted by molar-refractivity contribution is -0.112. The van der Waals surface area contributed by atoms with E-state index >= 15 is 0 Å². The van der Waals surface area contributed by atoms with Crippen LogP contribution in [0.4, 0.5) is 5.69 Å². The first kappa shape index (κ1) is 22.9. The lowest BCUT2D eigenvalue weighted by Gasteiger charge is -2.13. The van der Waals surface area contributed by atoms with Crippen molar-refractivity contribution >= 4 is 29.3 Å². The van der Waals surface area contributed by atoms with Crippen LogP contribution < -0.4 is 14.8 Å². The summed E-state index contributed by atoms with van der Waals surface area (Å²) in [6.07, 6.45) is 2.37. The first-order valence-electron chi connectivity index (χ1n) is 10.1. The molecule has 0 aromatic heterocycles. The Morgan fingerprint density at radius 1 is 1.09 bits per heavy atom. The second-order valence-electron chi connectivity index (χ2n) is 6.98. The number of nitrogens with zero attached hydrogens (tertiary/aromatic N) is 1. The van der Waals surface area contributed by atoms with Gasteiger partial charge >= 0.3 is 0 Å². The number of anilines is 1. The van der Waals surface area contributed by atoms with Crippen molar-refractivity contribution in [3.05, 3.63) is 94.0 Å². The Hall–Kier alpha value is -3.75. The molecule has 3 rings (SSSR count). The molecule has 0 unspecified atom stereocenters. The quantitative estimate of drug-likeness (QED) is 0.338. The molecule has 0 saturated heterocycles. The fourth-order valence-corrected chi connectivity index (χ4v) is 3.30. The molecule has 0 aliphatic heterocycles. The number of nitriles is 1. The van der Waals surface area contributed by atoms with Crippen LogP contribution in [0.15, 0.2) is 72.3 Å². The zero-order valence-corrected chi connectivity index (χ0v) is 18.6. The monoisotopic (exact) mass is 446 g/mol. The fraction of sp³-hybridized carbons (Fsp3) is 0.154. The van der Waals surface area contributed by atoms with Gasteiger partial charge in [0, 0.05) is 5.69 Å². The zero-order chi connectivity index (χ0) is 22.9. The average molecular weight is 447 g/mol. The molecule has 1 N–H and O–H groups in total. The molecule has 0 heterocycles. The Morgan fingerprint density at radius 3 is 2.44 bits per heavy atom. The third kappa shape index (κ3) is 5.90. The number of aryl methyl sites for hydroxylation is 1. The lowest BCUT2D eigenvalue weighted by atomic mass is 10.1. The first-order valence-corrected chi connectivity index (χ1v) is 10.5. The Labute approximate surface area is 192 Å². The molecule has 0 bridgehead atoms. The predicted molar refractivity (Wildman–Crippen MR) is 127 cm³/mol. The number of methoxy groups -OCH3 is 1. The number of carbonyl (C=O) groups excluding carboxylic acids is 1. The molecular weight excluding hydrogens is 424 g/mol. The van der Waals surface area contributed by atoms with Crippen LogP contribution in [0.3, 0.4) is 0 Å². The second-order valence-corrected chi connectivity index (χ2v) is 7.39. The van der Waals surface area contributed by atoms with E-state index in [1.807, 2.05) is 60.7 Å². The predicted octanol–water partition coefficient (Wildman–Crippen LogP) is 6.04. The molecule has 1 amide bonds. The van der Waals surface area contributed by atoms with E-state index in [0.29, 0.717) is 34.4 Å². The minimum atomic E-state index is -0.503. The number of rotatable bonds is 8. The molecule has 0 saturated carbocycles. The number of ether oxygens (including phenoxy) is 2.